The smallest absolute Gasteiger partial charge is 0.225 e. The highest BCUT2D eigenvalue weighted by atomic mass is 32.2. The standard InChI is InChI=1S/C15H20N2O2S/c1-2-3-4-9-20(19)10-8-15(18)17-14-7-5-6-13(11-14)12-16/h5-7,11H,2-4,8-10H2,1H3,(H,17,18). The minimum absolute atomic E-state index is 0.163. The van der Waals surface area contributed by atoms with Crippen LogP contribution in [0.15, 0.2) is 24.3 Å². The van der Waals surface area contributed by atoms with E-state index in [9.17, 15) is 9.00 Å². The quantitative estimate of drug-likeness (QED) is 0.749. The van der Waals surface area contributed by atoms with Gasteiger partial charge in [-0.25, -0.2) is 0 Å². The molecule has 0 fully saturated rings. The Bertz CT molecular complexity index is 509. The predicted molar refractivity (Wildman–Crippen MR) is 81.8 cm³/mol. The Hall–Kier alpha value is -1.67. The topological polar surface area (TPSA) is 70.0 Å². The van der Waals surface area contributed by atoms with Crippen molar-refractivity contribution in [2.75, 3.05) is 16.8 Å². The molecule has 0 radical (unpaired) electrons. The fraction of sp³-hybridized carbons (Fsp3) is 0.467. The Morgan fingerprint density at radius 2 is 2.15 bits per heavy atom. The van der Waals surface area contributed by atoms with Crippen molar-refractivity contribution in [1.29, 1.82) is 5.26 Å². The van der Waals surface area contributed by atoms with Gasteiger partial charge in [-0.2, -0.15) is 5.26 Å². The van der Waals surface area contributed by atoms with Gasteiger partial charge in [0.15, 0.2) is 0 Å². The second-order valence-corrected chi connectivity index (χ2v) is 6.24. The van der Waals surface area contributed by atoms with Gasteiger partial charge >= 0.3 is 0 Å². The average molecular weight is 292 g/mol. The summed E-state index contributed by atoms with van der Waals surface area (Å²) in [5, 5.41) is 11.5. The highest BCUT2D eigenvalue weighted by Crippen LogP contribution is 2.10. The molecule has 1 unspecified atom stereocenters. The van der Waals surface area contributed by atoms with Crippen LogP contribution in [0.3, 0.4) is 0 Å². The lowest BCUT2D eigenvalue weighted by atomic mass is 10.2. The van der Waals surface area contributed by atoms with Crippen LogP contribution < -0.4 is 5.32 Å². The van der Waals surface area contributed by atoms with Crippen LogP contribution >= 0.6 is 0 Å². The van der Waals surface area contributed by atoms with Crippen molar-refractivity contribution in [2.45, 2.75) is 32.6 Å². The zero-order chi connectivity index (χ0) is 14.8. The average Bonchev–Trinajstić information content (AvgIpc) is 2.45. The van der Waals surface area contributed by atoms with Gasteiger partial charge in [0.1, 0.15) is 0 Å². The first-order valence-electron chi connectivity index (χ1n) is 6.80. The van der Waals surface area contributed by atoms with E-state index in [4.69, 9.17) is 5.26 Å². The Labute approximate surface area is 122 Å². The third-order valence-electron chi connectivity index (χ3n) is 2.81. The van der Waals surface area contributed by atoms with Crippen molar-refractivity contribution >= 4 is 22.4 Å². The summed E-state index contributed by atoms with van der Waals surface area (Å²) in [4.78, 5) is 11.7. The van der Waals surface area contributed by atoms with Gasteiger partial charge in [-0.05, 0) is 24.6 Å². The molecular formula is C15H20N2O2S. The monoisotopic (exact) mass is 292 g/mol. The van der Waals surface area contributed by atoms with Crippen LogP contribution in [0, 0.1) is 11.3 Å². The lowest BCUT2D eigenvalue weighted by Gasteiger charge is -2.05. The maximum Gasteiger partial charge on any atom is 0.225 e. The van der Waals surface area contributed by atoms with Gasteiger partial charge in [0.2, 0.25) is 5.91 Å². The van der Waals surface area contributed by atoms with Crippen molar-refractivity contribution in [3.05, 3.63) is 29.8 Å². The van der Waals surface area contributed by atoms with E-state index in [0.29, 0.717) is 22.8 Å². The fourth-order valence-corrected chi connectivity index (χ4v) is 2.85. The van der Waals surface area contributed by atoms with Crippen molar-refractivity contribution in [3.8, 4) is 6.07 Å². The third kappa shape index (κ3) is 6.48. The molecule has 1 N–H and O–H groups in total. The van der Waals surface area contributed by atoms with E-state index in [1.165, 1.54) is 0 Å². The normalized spacial score (nSPS) is 11.6. The molecular weight excluding hydrogens is 272 g/mol. The lowest BCUT2D eigenvalue weighted by molar-refractivity contribution is -0.115. The predicted octanol–water partition coefficient (Wildman–Crippen LogP) is 2.83. The molecule has 1 aromatic rings. The lowest BCUT2D eigenvalue weighted by Crippen LogP contribution is -2.15. The molecule has 1 aromatic carbocycles. The van der Waals surface area contributed by atoms with Gasteiger partial charge < -0.3 is 5.32 Å². The second kappa shape index (κ2) is 9.27. The van der Waals surface area contributed by atoms with E-state index in [-0.39, 0.29) is 12.3 Å². The number of nitriles is 1. The summed E-state index contributed by atoms with van der Waals surface area (Å²) in [5.41, 5.74) is 1.11. The van der Waals surface area contributed by atoms with Crippen LogP contribution in [-0.4, -0.2) is 21.6 Å². The minimum Gasteiger partial charge on any atom is -0.326 e. The summed E-state index contributed by atoms with van der Waals surface area (Å²) in [6, 6.07) is 8.77. The van der Waals surface area contributed by atoms with Gasteiger partial charge in [0.05, 0.1) is 11.6 Å². The summed E-state index contributed by atoms with van der Waals surface area (Å²) >= 11 is 0. The van der Waals surface area contributed by atoms with E-state index in [1.807, 2.05) is 6.07 Å². The maximum atomic E-state index is 11.7. The van der Waals surface area contributed by atoms with Crippen molar-refractivity contribution in [3.63, 3.8) is 0 Å². The number of unbranched alkanes of at least 4 members (excludes halogenated alkanes) is 2. The molecule has 0 aliphatic heterocycles. The van der Waals surface area contributed by atoms with Gasteiger partial charge in [0, 0.05) is 34.4 Å². The number of carbonyl (C=O) groups excluding carboxylic acids is 1. The van der Waals surface area contributed by atoms with E-state index in [0.717, 1.165) is 19.3 Å². The van der Waals surface area contributed by atoms with E-state index < -0.39 is 10.8 Å². The molecule has 0 bridgehead atoms. The summed E-state index contributed by atoms with van der Waals surface area (Å²) in [5.74, 6) is 0.905. The Morgan fingerprint density at radius 1 is 1.35 bits per heavy atom. The van der Waals surface area contributed by atoms with E-state index in [1.54, 1.807) is 24.3 Å². The first kappa shape index (κ1) is 16.4. The zero-order valence-electron chi connectivity index (χ0n) is 11.7. The largest absolute Gasteiger partial charge is 0.326 e. The summed E-state index contributed by atoms with van der Waals surface area (Å²) in [7, 11) is -0.919. The SMILES string of the molecule is CCCCCS(=O)CCC(=O)Nc1cccc(C#N)c1. The molecule has 1 atom stereocenters. The number of rotatable bonds is 8. The van der Waals surface area contributed by atoms with E-state index in [2.05, 4.69) is 12.2 Å². The first-order chi connectivity index (χ1) is 9.65. The van der Waals surface area contributed by atoms with Crippen molar-refractivity contribution in [2.24, 2.45) is 0 Å². The molecule has 1 rings (SSSR count). The van der Waals surface area contributed by atoms with Gasteiger partial charge in [0.25, 0.3) is 0 Å². The molecule has 0 heterocycles. The minimum atomic E-state index is -0.919. The molecule has 1 amide bonds. The molecule has 0 aliphatic rings. The second-order valence-electron chi connectivity index (χ2n) is 4.55. The van der Waals surface area contributed by atoms with Crippen LogP contribution in [0.25, 0.3) is 0 Å². The molecule has 0 aromatic heterocycles. The highest BCUT2D eigenvalue weighted by Gasteiger charge is 2.06. The highest BCUT2D eigenvalue weighted by molar-refractivity contribution is 7.84. The number of anilines is 1. The summed E-state index contributed by atoms with van der Waals surface area (Å²) in [6.07, 6.45) is 3.39. The molecule has 108 valence electrons. The molecule has 0 spiro atoms. The Morgan fingerprint density at radius 3 is 2.85 bits per heavy atom. The summed E-state index contributed by atoms with van der Waals surface area (Å²) in [6.45, 7) is 2.10. The summed E-state index contributed by atoms with van der Waals surface area (Å²) < 4.78 is 11.7. The Balaban J connectivity index is 2.33. The van der Waals surface area contributed by atoms with Gasteiger partial charge in [-0.3, -0.25) is 9.00 Å². The van der Waals surface area contributed by atoms with Crippen LogP contribution in [0.5, 0.6) is 0 Å². The number of amides is 1. The van der Waals surface area contributed by atoms with E-state index >= 15 is 0 Å². The number of carbonyl (C=O) groups is 1. The zero-order valence-corrected chi connectivity index (χ0v) is 12.5. The number of nitrogens with zero attached hydrogens (tertiary/aromatic N) is 1. The Kier molecular flexibility index (Phi) is 7.59. The maximum absolute atomic E-state index is 11.7. The number of hydrogen-bond donors (Lipinski definition) is 1. The molecule has 4 nitrogen and oxygen atoms in total. The fourth-order valence-electron chi connectivity index (χ4n) is 1.71. The van der Waals surface area contributed by atoms with Crippen LogP contribution in [0.2, 0.25) is 0 Å². The van der Waals surface area contributed by atoms with Crippen LogP contribution in [-0.2, 0) is 15.6 Å². The number of nitrogens with one attached hydrogen (secondary N) is 1. The number of benzene rings is 1. The molecule has 0 saturated carbocycles. The van der Waals surface area contributed by atoms with Gasteiger partial charge in [-0.15, -0.1) is 0 Å². The third-order valence-corrected chi connectivity index (χ3v) is 4.21. The molecule has 0 saturated heterocycles. The molecule has 5 heteroatoms. The molecule has 0 aliphatic carbocycles. The first-order valence-corrected chi connectivity index (χ1v) is 8.29. The van der Waals surface area contributed by atoms with Crippen LogP contribution in [0.4, 0.5) is 5.69 Å². The number of hydrogen-bond acceptors (Lipinski definition) is 3. The van der Waals surface area contributed by atoms with Crippen molar-refractivity contribution < 1.29 is 9.00 Å². The van der Waals surface area contributed by atoms with Gasteiger partial charge in [-0.1, -0.05) is 25.8 Å². The van der Waals surface area contributed by atoms with Crippen LogP contribution in [0.1, 0.15) is 38.2 Å². The molecule has 20 heavy (non-hydrogen) atoms. The van der Waals surface area contributed by atoms with Crippen molar-refractivity contribution in [1.82, 2.24) is 0 Å².